The SMILES string of the molecule is COc1cc(N(C)CCCl)ccc1C1(c2ccc(N(C)C)cc2N(C)C)OC(=O)c2ccccc21. The molecular formula is C28H32ClN3O3. The van der Waals surface area contributed by atoms with Crippen LogP contribution in [0.5, 0.6) is 5.75 Å². The smallest absolute Gasteiger partial charge is 0.340 e. The number of anilines is 3. The monoisotopic (exact) mass is 493 g/mol. The van der Waals surface area contributed by atoms with Crippen LogP contribution in [0.25, 0.3) is 0 Å². The summed E-state index contributed by atoms with van der Waals surface area (Å²) in [6, 6.07) is 19.8. The molecule has 0 aliphatic carbocycles. The maximum atomic E-state index is 13.2. The number of rotatable bonds is 8. The molecule has 0 saturated carbocycles. The molecule has 0 aromatic heterocycles. The zero-order valence-corrected chi connectivity index (χ0v) is 21.9. The number of carbonyl (C=O) groups excluding carboxylic acids is 1. The Kier molecular flexibility index (Phi) is 6.86. The summed E-state index contributed by atoms with van der Waals surface area (Å²) in [4.78, 5) is 19.4. The Hall–Kier alpha value is -3.38. The highest BCUT2D eigenvalue weighted by Crippen LogP contribution is 2.52. The number of ether oxygens (including phenoxy) is 2. The second-order valence-electron chi connectivity index (χ2n) is 9.10. The van der Waals surface area contributed by atoms with Gasteiger partial charge < -0.3 is 24.2 Å². The lowest BCUT2D eigenvalue weighted by Crippen LogP contribution is -2.32. The van der Waals surface area contributed by atoms with Gasteiger partial charge in [0, 0.05) is 87.5 Å². The largest absolute Gasteiger partial charge is 0.496 e. The van der Waals surface area contributed by atoms with Gasteiger partial charge in [-0.2, -0.15) is 0 Å². The van der Waals surface area contributed by atoms with Gasteiger partial charge in [-0.15, -0.1) is 11.6 Å². The number of esters is 1. The van der Waals surface area contributed by atoms with Crippen LogP contribution in [0.4, 0.5) is 17.1 Å². The molecule has 1 aliphatic rings. The van der Waals surface area contributed by atoms with Gasteiger partial charge in [-0.3, -0.25) is 0 Å². The molecule has 184 valence electrons. The first-order chi connectivity index (χ1) is 16.7. The third-order valence-electron chi connectivity index (χ3n) is 6.56. The lowest BCUT2D eigenvalue weighted by Gasteiger charge is -2.35. The van der Waals surface area contributed by atoms with Gasteiger partial charge in [0.2, 0.25) is 0 Å². The van der Waals surface area contributed by atoms with Crippen molar-refractivity contribution in [2.24, 2.45) is 0 Å². The summed E-state index contributed by atoms with van der Waals surface area (Å²) in [6.07, 6.45) is 0. The number of carbonyl (C=O) groups is 1. The fourth-order valence-corrected chi connectivity index (χ4v) is 4.95. The van der Waals surface area contributed by atoms with Crippen molar-refractivity contribution in [3.05, 3.63) is 82.9 Å². The highest BCUT2D eigenvalue weighted by atomic mass is 35.5. The van der Waals surface area contributed by atoms with Crippen molar-refractivity contribution in [2.75, 3.05) is 69.5 Å². The summed E-state index contributed by atoms with van der Waals surface area (Å²) in [6.45, 7) is 0.698. The summed E-state index contributed by atoms with van der Waals surface area (Å²) < 4.78 is 12.3. The zero-order chi connectivity index (χ0) is 25.3. The molecule has 0 amide bonds. The Morgan fingerprint density at radius 2 is 1.54 bits per heavy atom. The molecular weight excluding hydrogens is 462 g/mol. The highest BCUT2D eigenvalue weighted by molar-refractivity contribution is 6.18. The van der Waals surface area contributed by atoms with Gasteiger partial charge in [0.15, 0.2) is 5.60 Å². The van der Waals surface area contributed by atoms with E-state index in [1.165, 1.54) is 0 Å². The van der Waals surface area contributed by atoms with Crippen LogP contribution < -0.4 is 19.4 Å². The molecule has 0 saturated heterocycles. The Balaban J connectivity index is 2.05. The van der Waals surface area contributed by atoms with Crippen LogP contribution in [-0.2, 0) is 10.3 Å². The fraction of sp³-hybridized carbons (Fsp3) is 0.321. The first-order valence-corrected chi connectivity index (χ1v) is 12.1. The Bertz CT molecular complexity index is 1240. The molecule has 0 radical (unpaired) electrons. The molecule has 1 unspecified atom stereocenters. The number of benzene rings is 3. The van der Waals surface area contributed by atoms with Crippen LogP contribution in [0.1, 0.15) is 27.0 Å². The number of methoxy groups -OCH3 is 1. The van der Waals surface area contributed by atoms with Crippen molar-refractivity contribution in [1.29, 1.82) is 0 Å². The Morgan fingerprint density at radius 3 is 2.20 bits per heavy atom. The van der Waals surface area contributed by atoms with Crippen LogP contribution in [0, 0.1) is 0 Å². The van der Waals surface area contributed by atoms with Gasteiger partial charge in [-0.1, -0.05) is 24.3 Å². The number of hydrogen-bond donors (Lipinski definition) is 0. The minimum atomic E-state index is -1.17. The van der Waals surface area contributed by atoms with Crippen molar-refractivity contribution in [1.82, 2.24) is 0 Å². The molecule has 1 aliphatic heterocycles. The third kappa shape index (κ3) is 4.16. The zero-order valence-electron chi connectivity index (χ0n) is 21.1. The fourth-order valence-electron chi connectivity index (χ4n) is 4.69. The molecule has 7 heteroatoms. The first-order valence-electron chi connectivity index (χ1n) is 11.5. The quantitative estimate of drug-likeness (QED) is 0.326. The van der Waals surface area contributed by atoms with Crippen LogP contribution in [-0.4, -0.2) is 60.7 Å². The predicted molar refractivity (Wildman–Crippen MR) is 144 cm³/mol. The van der Waals surface area contributed by atoms with Gasteiger partial charge in [0.1, 0.15) is 5.75 Å². The van der Waals surface area contributed by atoms with E-state index in [-0.39, 0.29) is 5.97 Å². The van der Waals surface area contributed by atoms with Crippen molar-refractivity contribution in [3.63, 3.8) is 0 Å². The molecule has 6 nitrogen and oxygen atoms in total. The average molecular weight is 494 g/mol. The predicted octanol–water partition coefficient (Wildman–Crippen LogP) is 4.96. The van der Waals surface area contributed by atoms with E-state index in [1.807, 2.05) is 94.7 Å². The maximum Gasteiger partial charge on any atom is 0.340 e. The lowest BCUT2D eigenvalue weighted by atomic mass is 9.78. The van der Waals surface area contributed by atoms with Gasteiger partial charge in [-0.25, -0.2) is 4.79 Å². The maximum absolute atomic E-state index is 13.2. The highest BCUT2D eigenvalue weighted by Gasteiger charge is 2.51. The molecule has 0 bridgehead atoms. The summed E-state index contributed by atoms with van der Waals surface area (Å²) in [5.74, 6) is 0.794. The molecule has 4 rings (SSSR count). The molecule has 0 N–H and O–H groups in total. The second-order valence-corrected chi connectivity index (χ2v) is 9.48. The second kappa shape index (κ2) is 9.70. The number of halogens is 1. The van der Waals surface area contributed by atoms with E-state index < -0.39 is 5.60 Å². The van der Waals surface area contributed by atoms with E-state index in [4.69, 9.17) is 21.1 Å². The summed E-state index contributed by atoms with van der Waals surface area (Å²) in [5.41, 5.74) is 4.78. The number of alkyl halides is 1. The lowest BCUT2D eigenvalue weighted by molar-refractivity contribution is 0.0247. The van der Waals surface area contributed by atoms with Gasteiger partial charge in [0.05, 0.1) is 12.7 Å². The molecule has 3 aromatic carbocycles. The summed E-state index contributed by atoms with van der Waals surface area (Å²) >= 11 is 5.97. The van der Waals surface area contributed by atoms with Crippen molar-refractivity contribution < 1.29 is 14.3 Å². The first kappa shape index (κ1) is 24.7. The van der Waals surface area contributed by atoms with E-state index in [1.54, 1.807) is 7.11 Å². The summed E-state index contributed by atoms with van der Waals surface area (Å²) in [7, 11) is 11.6. The minimum absolute atomic E-state index is 0.354. The molecule has 0 fully saturated rings. The van der Waals surface area contributed by atoms with Crippen LogP contribution in [0.2, 0.25) is 0 Å². The van der Waals surface area contributed by atoms with Crippen LogP contribution in [0.3, 0.4) is 0 Å². The van der Waals surface area contributed by atoms with Gasteiger partial charge >= 0.3 is 5.97 Å². The average Bonchev–Trinajstić information content (AvgIpc) is 3.16. The van der Waals surface area contributed by atoms with E-state index >= 15 is 0 Å². The van der Waals surface area contributed by atoms with E-state index in [9.17, 15) is 4.79 Å². The van der Waals surface area contributed by atoms with Crippen LogP contribution >= 0.6 is 11.6 Å². The number of fused-ring (bicyclic) bond motifs is 1. The van der Waals surface area contributed by atoms with E-state index in [2.05, 4.69) is 15.9 Å². The number of hydrogen-bond acceptors (Lipinski definition) is 6. The van der Waals surface area contributed by atoms with Gasteiger partial charge in [-0.05, 0) is 30.3 Å². The van der Waals surface area contributed by atoms with Crippen molar-refractivity contribution in [3.8, 4) is 5.75 Å². The minimum Gasteiger partial charge on any atom is -0.496 e. The topological polar surface area (TPSA) is 45.2 Å². The Labute approximate surface area is 212 Å². The molecule has 1 atom stereocenters. The number of nitrogens with zero attached hydrogens (tertiary/aromatic N) is 3. The molecule has 3 aromatic rings. The summed E-state index contributed by atoms with van der Waals surface area (Å²) in [5, 5.41) is 0. The Morgan fingerprint density at radius 1 is 0.857 bits per heavy atom. The van der Waals surface area contributed by atoms with E-state index in [0.717, 1.165) is 33.8 Å². The third-order valence-corrected chi connectivity index (χ3v) is 6.73. The molecule has 0 spiro atoms. The van der Waals surface area contributed by atoms with Crippen LogP contribution in [0.15, 0.2) is 60.7 Å². The standard InChI is InChI=1S/C28H32ClN3O3/c1-30(2)19-11-13-23(25(17-19)31(3)4)28(22-10-8-7-9-21(22)27(33)35-28)24-14-12-20(18-26(24)34-6)32(5)16-15-29/h7-14,17-18H,15-16H2,1-6H3. The van der Waals surface area contributed by atoms with Crippen molar-refractivity contribution >= 4 is 34.6 Å². The number of cyclic esters (lactones) is 1. The molecule has 1 heterocycles. The van der Waals surface area contributed by atoms with Gasteiger partial charge in [0.25, 0.3) is 0 Å². The van der Waals surface area contributed by atoms with E-state index in [0.29, 0.717) is 23.7 Å². The molecule has 35 heavy (non-hydrogen) atoms. The van der Waals surface area contributed by atoms with Crippen molar-refractivity contribution in [2.45, 2.75) is 5.60 Å². The normalized spacial score (nSPS) is 16.5.